The highest BCUT2D eigenvalue weighted by molar-refractivity contribution is 5.98. The van der Waals surface area contributed by atoms with E-state index in [0.717, 1.165) is 49.7 Å². The molecule has 4 rings (SSSR count). The summed E-state index contributed by atoms with van der Waals surface area (Å²) in [5.41, 5.74) is 1.47. The van der Waals surface area contributed by atoms with Crippen LogP contribution < -0.4 is 10.6 Å². The van der Waals surface area contributed by atoms with E-state index in [4.69, 9.17) is 0 Å². The molecular formula is C17H23N5O2. The summed E-state index contributed by atoms with van der Waals surface area (Å²) < 4.78 is 2.00. The van der Waals surface area contributed by atoms with Gasteiger partial charge in [0.25, 0.3) is 5.91 Å². The van der Waals surface area contributed by atoms with Crippen molar-refractivity contribution in [1.29, 1.82) is 0 Å². The van der Waals surface area contributed by atoms with Crippen LogP contribution in [-0.2, 0) is 6.54 Å². The summed E-state index contributed by atoms with van der Waals surface area (Å²) in [6, 6.07) is 2.30. The first-order valence-electron chi connectivity index (χ1n) is 8.75. The smallest absolute Gasteiger partial charge is 0.268 e. The predicted octanol–water partition coefficient (Wildman–Crippen LogP) is 1.67. The van der Waals surface area contributed by atoms with Gasteiger partial charge in [0, 0.05) is 30.2 Å². The normalized spacial score (nSPS) is 26.9. The van der Waals surface area contributed by atoms with Crippen LogP contribution in [0.5, 0.6) is 0 Å². The zero-order chi connectivity index (χ0) is 16.7. The maximum atomic E-state index is 12.2. The van der Waals surface area contributed by atoms with Gasteiger partial charge in [-0.25, -0.2) is 4.98 Å². The third-order valence-electron chi connectivity index (χ3n) is 5.13. The molecule has 24 heavy (non-hydrogen) atoms. The number of carbonyl (C=O) groups excluding carboxylic acids is 1. The topological polar surface area (TPSA) is 92.1 Å². The van der Waals surface area contributed by atoms with Gasteiger partial charge in [0.2, 0.25) is 5.95 Å². The van der Waals surface area contributed by atoms with Crippen molar-refractivity contribution in [3.63, 3.8) is 0 Å². The van der Waals surface area contributed by atoms with Gasteiger partial charge in [-0.3, -0.25) is 4.79 Å². The van der Waals surface area contributed by atoms with Gasteiger partial charge in [-0.1, -0.05) is 6.92 Å². The maximum absolute atomic E-state index is 12.2. The molecule has 7 heteroatoms. The van der Waals surface area contributed by atoms with E-state index in [9.17, 15) is 9.90 Å². The predicted molar refractivity (Wildman–Crippen MR) is 91.0 cm³/mol. The Labute approximate surface area is 140 Å². The van der Waals surface area contributed by atoms with Crippen LogP contribution in [0.15, 0.2) is 12.3 Å². The zero-order valence-electron chi connectivity index (χ0n) is 13.8. The second-order valence-corrected chi connectivity index (χ2v) is 6.84. The largest absolute Gasteiger partial charge is 0.393 e. The number of carbonyl (C=O) groups is 1. The molecule has 2 aliphatic rings. The Kier molecular flexibility index (Phi) is 3.88. The van der Waals surface area contributed by atoms with Crippen LogP contribution in [0.1, 0.15) is 49.5 Å². The molecule has 0 bridgehead atoms. The quantitative estimate of drug-likeness (QED) is 0.797. The number of nitrogens with one attached hydrogen (secondary N) is 2. The molecule has 1 atom stereocenters. The molecule has 0 saturated heterocycles. The highest BCUT2D eigenvalue weighted by Crippen LogP contribution is 2.24. The van der Waals surface area contributed by atoms with Gasteiger partial charge in [-0.05, 0) is 38.2 Å². The van der Waals surface area contributed by atoms with Gasteiger partial charge in [-0.15, -0.1) is 0 Å². The fourth-order valence-corrected chi connectivity index (χ4v) is 3.64. The Balaban J connectivity index is 1.62. The van der Waals surface area contributed by atoms with Gasteiger partial charge in [0.15, 0.2) is 0 Å². The Morgan fingerprint density at radius 3 is 2.92 bits per heavy atom. The van der Waals surface area contributed by atoms with Gasteiger partial charge in [0.1, 0.15) is 11.3 Å². The molecule has 0 aromatic carbocycles. The van der Waals surface area contributed by atoms with Gasteiger partial charge < -0.3 is 20.3 Å². The van der Waals surface area contributed by atoms with Crippen molar-refractivity contribution in [2.24, 2.45) is 0 Å². The van der Waals surface area contributed by atoms with Crippen molar-refractivity contribution in [2.45, 2.75) is 63.8 Å². The monoisotopic (exact) mass is 329 g/mol. The zero-order valence-corrected chi connectivity index (χ0v) is 13.8. The number of rotatable bonds is 3. The molecule has 7 nitrogen and oxygen atoms in total. The second kappa shape index (κ2) is 6.05. The van der Waals surface area contributed by atoms with E-state index in [1.54, 1.807) is 6.20 Å². The molecule has 1 aliphatic carbocycles. The lowest BCUT2D eigenvalue weighted by Crippen LogP contribution is -2.43. The lowest BCUT2D eigenvalue weighted by atomic mass is 9.93. The number of amides is 1. The van der Waals surface area contributed by atoms with Crippen LogP contribution in [0, 0.1) is 0 Å². The number of fused-ring (bicyclic) bond motifs is 3. The van der Waals surface area contributed by atoms with Crippen LogP contribution in [0.2, 0.25) is 0 Å². The lowest BCUT2D eigenvalue weighted by Gasteiger charge is -2.26. The maximum Gasteiger partial charge on any atom is 0.268 e. The number of aliphatic hydroxyl groups is 1. The SMILES string of the molecule is CCC1Cn2c(cc3cnc(N[C@H]4CC[C@H](O)CC4)nc32)C(=O)N1. The molecule has 2 aromatic rings. The molecule has 2 aromatic heterocycles. The summed E-state index contributed by atoms with van der Waals surface area (Å²) in [5.74, 6) is 0.561. The Hall–Kier alpha value is -2.15. The van der Waals surface area contributed by atoms with Crippen LogP contribution in [0.4, 0.5) is 5.95 Å². The average molecular weight is 329 g/mol. The third kappa shape index (κ3) is 2.73. The minimum atomic E-state index is -0.173. The van der Waals surface area contributed by atoms with Crippen molar-refractivity contribution in [1.82, 2.24) is 19.9 Å². The number of nitrogens with zero attached hydrogens (tertiary/aromatic N) is 3. The van der Waals surface area contributed by atoms with Crippen molar-refractivity contribution in [2.75, 3.05) is 5.32 Å². The Bertz CT molecular complexity index is 764. The third-order valence-corrected chi connectivity index (χ3v) is 5.13. The van der Waals surface area contributed by atoms with Crippen molar-refractivity contribution in [3.8, 4) is 0 Å². The summed E-state index contributed by atoms with van der Waals surface area (Å²) in [5, 5.41) is 16.9. The molecule has 0 radical (unpaired) electrons. The first kappa shape index (κ1) is 15.4. The highest BCUT2D eigenvalue weighted by atomic mass is 16.3. The first-order chi connectivity index (χ1) is 11.6. The standard InChI is InChI=1S/C17H23N5O2/c1-2-11-9-22-14(16(24)19-11)7-10-8-18-17(21-15(10)22)20-12-3-5-13(23)6-4-12/h7-8,11-13,23H,2-6,9H2,1H3,(H,19,24)(H,18,20,21)/t11?,12-,13-. The van der Waals surface area contributed by atoms with Crippen molar-refractivity contribution in [3.05, 3.63) is 18.0 Å². The van der Waals surface area contributed by atoms with Crippen molar-refractivity contribution < 1.29 is 9.90 Å². The Morgan fingerprint density at radius 1 is 1.38 bits per heavy atom. The number of hydrogen-bond donors (Lipinski definition) is 3. The summed E-state index contributed by atoms with van der Waals surface area (Å²) in [4.78, 5) is 21.3. The highest BCUT2D eigenvalue weighted by Gasteiger charge is 2.26. The van der Waals surface area contributed by atoms with Gasteiger partial charge in [0.05, 0.1) is 6.10 Å². The number of aromatic nitrogens is 3. The summed E-state index contributed by atoms with van der Waals surface area (Å²) in [6.45, 7) is 2.81. The molecule has 3 N–H and O–H groups in total. The average Bonchev–Trinajstić information content (AvgIpc) is 2.96. The molecule has 1 unspecified atom stereocenters. The fraction of sp³-hybridized carbons (Fsp3) is 0.588. The molecule has 0 spiro atoms. The summed E-state index contributed by atoms with van der Waals surface area (Å²) in [7, 11) is 0. The summed E-state index contributed by atoms with van der Waals surface area (Å²) in [6.07, 6.45) is 5.99. The summed E-state index contributed by atoms with van der Waals surface area (Å²) >= 11 is 0. The van der Waals surface area contributed by atoms with E-state index < -0.39 is 0 Å². The van der Waals surface area contributed by atoms with Crippen LogP contribution in [0.3, 0.4) is 0 Å². The Morgan fingerprint density at radius 2 is 2.17 bits per heavy atom. The molecule has 1 amide bonds. The van der Waals surface area contributed by atoms with E-state index in [1.165, 1.54) is 0 Å². The lowest BCUT2D eigenvalue weighted by molar-refractivity contribution is 0.0900. The van der Waals surface area contributed by atoms with Gasteiger partial charge >= 0.3 is 0 Å². The van der Waals surface area contributed by atoms with E-state index in [0.29, 0.717) is 17.7 Å². The van der Waals surface area contributed by atoms with Crippen molar-refractivity contribution >= 4 is 22.9 Å². The molecule has 128 valence electrons. The van der Waals surface area contributed by atoms with Crippen LogP contribution >= 0.6 is 0 Å². The minimum Gasteiger partial charge on any atom is -0.393 e. The van der Waals surface area contributed by atoms with E-state index in [1.807, 2.05) is 10.6 Å². The number of aliphatic hydroxyl groups excluding tert-OH is 1. The number of anilines is 1. The molecule has 1 aliphatic heterocycles. The van der Waals surface area contributed by atoms with E-state index in [-0.39, 0.29) is 18.1 Å². The molecule has 3 heterocycles. The number of hydrogen-bond acceptors (Lipinski definition) is 5. The molecule has 1 saturated carbocycles. The first-order valence-corrected chi connectivity index (χ1v) is 8.75. The second-order valence-electron chi connectivity index (χ2n) is 6.84. The van der Waals surface area contributed by atoms with E-state index in [2.05, 4.69) is 27.5 Å². The molecular weight excluding hydrogens is 306 g/mol. The minimum absolute atomic E-state index is 0.0399. The van der Waals surface area contributed by atoms with Crippen LogP contribution in [-0.4, -0.2) is 43.7 Å². The van der Waals surface area contributed by atoms with E-state index >= 15 is 0 Å². The molecule has 1 fully saturated rings. The van der Waals surface area contributed by atoms with Gasteiger partial charge in [-0.2, -0.15) is 4.98 Å². The van der Waals surface area contributed by atoms with Crippen LogP contribution in [0.25, 0.3) is 11.0 Å². The fourth-order valence-electron chi connectivity index (χ4n) is 3.64.